The second-order valence-corrected chi connectivity index (χ2v) is 19.3. The summed E-state index contributed by atoms with van der Waals surface area (Å²) in [5.74, 6) is 0.761. The number of hydrogen-bond donors (Lipinski definition) is 0. The second-order valence-electron chi connectivity index (χ2n) is 18.2. The van der Waals surface area contributed by atoms with Crippen LogP contribution in [0.1, 0.15) is 86.5 Å². The van der Waals surface area contributed by atoms with Gasteiger partial charge in [-0.05, 0) is 123 Å². The van der Waals surface area contributed by atoms with E-state index in [2.05, 4.69) is 158 Å². The van der Waals surface area contributed by atoms with Crippen molar-refractivity contribution in [3.63, 3.8) is 0 Å². The lowest BCUT2D eigenvalue weighted by Gasteiger charge is -2.37. The Morgan fingerprint density at radius 1 is 0.377 bits per heavy atom. The molecule has 2 spiro atoms. The smallest absolute Gasteiger partial charge is 0.161 e. The fourth-order valence-electron chi connectivity index (χ4n) is 12.3. The van der Waals surface area contributed by atoms with Gasteiger partial charge >= 0.3 is 0 Å². The van der Waals surface area contributed by atoms with Gasteiger partial charge in [-0.3, -0.25) is 0 Å². The third kappa shape index (κ3) is 5.32. The maximum atomic E-state index is 5.24. The van der Waals surface area contributed by atoms with Gasteiger partial charge in [0.2, 0.25) is 0 Å². The SMILES string of the molecule is c1ccc(-c2nc(-c3ccc(-c4cccc(-c5ccc6c(c5)C5(CCCCC5)c5cc7c(cc5-6)C5(CCCCC5)c5ccccc5-7)c4)cc3)nc3sc4ccccc4c23)cc1. The summed E-state index contributed by atoms with van der Waals surface area (Å²) in [6.07, 6.45) is 13.0. The Hall–Kier alpha value is -6.16. The first kappa shape index (κ1) is 35.6. The van der Waals surface area contributed by atoms with Crippen molar-refractivity contribution >= 4 is 31.6 Å². The molecule has 13 rings (SSSR count). The predicted octanol–water partition coefficient (Wildman–Crippen LogP) is 16.0. The van der Waals surface area contributed by atoms with Crippen LogP contribution in [0.4, 0.5) is 0 Å². The number of fused-ring (bicyclic) bond motifs is 13. The molecule has 7 aromatic carbocycles. The lowest BCUT2D eigenvalue weighted by atomic mass is 9.66. The summed E-state index contributed by atoms with van der Waals surface area (Å²) in [5.41, 5.74) is 20.8. The van der Waals surface area contributed by atoms with Crippen molar-refractivity contribution in [3.8, 4) is 67.2 Å². The molecule has 2 nitrogen and oxygen atoms in total. The Kier molecular flexibility index (Phi) is 7.98. The number of aromatic nitrogens is 2. The van der Waals surface area contributed by atoms with Crippen molar-refractivity contribution in [1.82, 2.24) is 9.97 Å². The highest BCUT2D eigenvalue weighted by Crippen LogP contribution is 2.62. The first-order chi connectivity index (χ1) is 30.2. The molecule has 0 atom stereocenters. The molecule has 61 heavy (non-hydrogen) atoms. The molecule has 2 fully saturated rings. The Morgan fingerprint density at radius 2 is 0.934 bits per heavy atom. The molecule has 2 saturated carbocycles. The topological polar surface area (TPSA) is 25.8 Å². The van der Waals surface area contributed by atoms with Crippen molar-refractivity contribution in [2.75, 3.05) is 0 Å². The molecule has 9 aromatic rings. The molecule has 2 heterocycles. The maximum absolute atomic E-state index is 5.24. The van der Waals surface area contributed by atoms with E-state index in [4.69, 9.17) is 9.97 Å². The molecule has 4 aliphatic carbocycles. The van der Waals surface area contributed by atoms with Crippen LogP contribution >= 0.6 is 11.3 Å². The highest BCUT2D eigenvalue weighted by atomic mass is 32.1. The molecule has 0 amide bonds. The summed E-state index contributed by atoms with van der Waals surface area (Å²) in [6, 6.07) is 59.4. The largest absolute Gasteiger partial charge is 0.227 e. The predicted molar refractivity (Wildman–Crippen MR) is 255 cm³/mol. The molecule has 0 radical (unpaired) electrons. The molecule has 294 valence electrons. The van der Waals surface area contributed by atoms with Gasteiger partial charge in [0.15, 0.2) is 5.82 Å². The van der Waals surface area contributed by atoms with E-state index in [1.807, 2.05) is 0 Å². The standard InChI is InChI=1S/C58H46N2S/c1-4-15-38(16-5-1)54-53-45-20-7-9-22-52(45)61-56(53)60-55(59-54)39-25-23-37(24-26-39)40-17-14-18-41(33-40)42-27-28-44-47-36-50-46(35-51(47)58(49(44)34-42)31-12-3-13-32-58)43-19-6-8-21-48(43)57(50)29-10-2-11-30-57/h1,4-9,14-28,33-36H,2-3,10-13,29-32H2. The summed E-state index contributed by atoms with van der Waals surface area (Å²) in [4.78, 5) is 11.4. The van der Waals surface area contributed by atoms with Gasteiger partial charge in [0.1, 0.15) is 4.83 Å². The Bertz CT molecular complexity index is 3200. The average molecular weight is 803 g/mol. The van der Waals surface area contributed by atoms with Gasteiger partial charge in [0, 0.05) is 37.4 Å². The van der Waals surface area contributed by atoms with Crippen LogP contribution in [0.2, 0.25) is 0 Å². The molecule has 0 N–H and O–H groups in total. The molecular weight excluding hydrogens is 757 g/mol. The van der Waals surface area contributed by atoms with Crippen LogP contribution in [0.15, 0.2) is 158 Å². The van der Waals surface area contributed by atoms with Gasteiger partial charge in [-0.2, -0.15) is 0 Å². The number of nitrogens with zero attached hydrogens (tertiary/aromatic N) is 2. The zero-order valence-electron chi connectivity index (χ0n) is 34.4. The van der Waals surface area contributed by atoms with E-state index in [-0.39, 0.29) is 10.8 Å². The second kappa shape index (κ2) is 13.7. The molecule has 0 unspecified atom stereocenters. The third-order valence-corrected chi connectivity index (χ3v) is 16.2. The van der Waals surface area contributed by atoms with Crippen LogP contribution in [0, 0.1) is 0 Å². The van der Waals surface area contributed by atoms with Gasteiger partial charge in [0.25, 0.3) is 0 Å². The Balaban J connectivity index is 0.869. The minimum absolute atomic E-state index is 0.0833. The molecule has 0 bridgehead atoms. The number of hydrogen-bond acceptors (Lipinski definition) is 3. The van der Waals surface area contributed by atoms with Crippen molar-refractivity contribution in [2.24, 2.45) is 0 Å². The van der Waals surface area contributed by atoms with Crippen LogP contribution in [0.5, 0.6) is 0 Å². The fraction of sp³-hybridized carbons (Fsp3) is 0.207. The summed E-state index contributed by atoms with van der Waals surface area (Å²) < 4.78 is 1.24. The van der Waals surface area contributed by atoms with Crippen molar-refractivity contribution < 1.29 is 0 Å². The van der Waals surface area contributed by atoms with E-state index in [1.54, 1.807) is 33.6 Å². The Labute approximate surface area is 362 Å². The lowest BCUT2D eigenvalue weighted by molar-refractivity contribution is 0.350. The van der Waals surface area contributed by atoms with E-state index in [0.29, 0.717) is 0 Å². The maximum Gasteiger partial charge on any atom is 0.161 e. The minimum Gasteiger partial charge on any atom is -0.227 e. The van der Waals surface area contributed by atoms with Gasteiger partial charge in [-0.1, -0.05) is 166 Å². The minimum atomic E-state index is 0.0833. The first-order valence-corrected chi connectivity index (χ1v) is 23.4. The normalized spacial score (nSPS) is 16.8. The van der Waals surface area contributed by atoms with Crippen LogP contribution in [-0.2, 0) is 10.8 Å². The monoisotopic (exact) mass is 802 g/mol. The average Bonchev–Trinajstić information content (AvgIpc) is 3.93. The fourth-order valence-corrected chi connectivity index (χ4v) is 13.3. The molecular formula is C58H46N2S. The van der Waals surface area contributed by atoms with Crippen LogP contribution < -0.4 is 0 Å². The highest BCUT2D eigenvalue weighted by Gasteiger charge is 2.49. The van der Waals surface area contributed by atoms with Crippen molar-refractivity contribution in [2.45, 2.75) is 75.0 Å². The Morgan fingerprint density at radius 3 is 1.69 bits per heavy atom. The molecule has 0 aliphatic heterocycles. The molecule has 0 saturated heterocycles. The summed E-state index contributed by atoms with van der Waals surface area (Å²) in [7, 11) is 0. The summed E-state index contributed by atoms with van der Waals surface area (Å²) >= 11 is 1.75. The zero-order valence-corrected chi connectivity index (χ0v) is 35.2. The van der Waals surface area contributed by atoms with E-state index in [9.17, 15) is 0 Å². The van der Waals surface area contributed by atoms with Gasteiger partial charge < -0.3 is 0 Å². The van der Waals surface area contributed by atoms with Gasteiger partial charge in [-0.15, -0.1) is 11.3 Å². The van der Waals surface area contributed by atoms with Crippen molar-refractivity contribution in [1.29, 1.82) is 0 Å². The van der Waals surface area contributed by atoms with Crippen LogP contribution in [0.25, 0.3) is 87.5 Å². The van der Waals surface area contributed by atoms with Gasteiger partial charge in [-0.25, -0.2) is 9.97 Å². The summed E-state index contributed by atoms with van der Waals surface area (Å²) in [6.45, 7) is 0. The van der Waals surface area contributed by atoms with E-state index >= 15 is 0 Å². The van der Waals surface area contributed by atoms with Crippen molar-refractivity contribution in [3.05, 3.63) is 180 Å². The number of rotatable bonds is 4. The zero-order chi connectivity index (χ0) is 40.1. The number of thiophene rings is 1. The summed E-state index contributed by atoms with van der Waals surface area (Å²) in [5, 5.41) is 2.35. The van der Waals surface area contributed by atoms with Gasteiger partial charge in [0.05, 0.1) is 5.69 Å². The highest BCUT2D eigenvalue weighted by molar-refractivity contribution is 7.25. The molecule has 3 heteroatoms. The van der Waals surface area contributed by atoms with E-state index in [0.717, 1.165) is 32.9 Å². The number of benzene rings is 7. The third-order valence-electron chi connectivity index (χ3n) is 15.1. The van der Waals surface area contributed by atoms with E-state index < -0.39 is 0 Å². The lowest BCUT2D eigenvalue weighted by Crippen LogP contribution is -2.29. The van der Waals surface area contributed by atoms with Crippen LogP contribution in [-0.4, -0.2) is 9.97 Å². The quantitative estimate of drug-likeness (QED) is 0.177. The molecule has 2 aromatic heterocycles. The first-order valence-electron chi connectivity index (χ1n) is 22.6. The van der Waals surface area contributed by atoms with E-state index in [1.165, 1.54) is 119 Å². The molecule has 4 aliphatic rings. The van der Waals surface area contributed by atoms with Crippen LogP contribution in [0.3, 0.4) is 0 Å².